The van der Waals surface area contributed by atoms with Gasteiger partial charge >= 0.3 is 0 Å². The summed E-state index contributed by atoms with van der Waals surface area (Å²) in [5.41, 5.74) is 5.18. The van der Waals surface area contributed by atoms with Gasteiger partial charge in [0.1, 0.15) is 5.75 Å². The minimum absolute atomic E-state index is 0.0600. The minimum Gasteiger partial charge on any atom is -0.496 e. The number of methoxy groups -OCH3 is 1. The molecule has 0 aliphatic heterocycles. The largest absolute Gasteiger partial charge is 0.496 e. The summed E-state index contributed by atoms with van der Waals surface area (Å²) in [6, 6.07) is 2.49. The predicted molar refractivity (Wildman–Crippen MR) is 52.4 cm³/mol. The van der Waals surface area contributed by atoms with E-state index < -0.39 is 6.43 Å². The van der Waals surface area contributed by atoms with Crippen LogP contribution in [0.25, 0.3) is 0 Å². The molecule has 0 atom stereocenters. The zero-order chi connectivity index (χ0) is 11.6. The van der Waals surface area contributed by atoms with E-state index in [0.717, 1.165) is 0 Å². The fraction of sp³-hybridized carbons (Fsp3) is 0.300. The van der Waals surface area contributed by atoms with Gasteiger partial charge < -0.3 is 10.5 Å². The van der Waals surface area contributed by atoms with E-state index in [1.54, 1.807) is 0 Å². The molecule has 5 heteroatoms. The van der Waals surface area contributed by atoms with E-state index in [0.29, 0.717) is 0 Å². The molecule has 0 spiro atoms. The van der Waals surface area contributed by atoms with Crippen LogP contribution in [0.5, 0.6) is 5.75 Å². The Balaban J connectivity index is 3.37. The molecule has 82 valence electrons. The summed E-state index contributed by atoms with van der Waals surface area (Å²) in [5.74, 6) is -0.309. The van der Waals surface area contributed by atoms with E-state index in [1.807, 2.05) is 0 Å². The first kappa shape index (κ1) is 11.4. The van der Waals surface area contributed by atoms with Gasteiger partial charge in [0, 0.05) is 11.3 Å². The molecule has 1 rings (SSSR count). The van der Waals surface area contributed by atoms with Crippen LogP contribution in [-0.4, -0.2) is 12.9 Å². The van der Waals surface area contributed by atoms with E-state index in [4.69, 9.17) is 10.5 Å². The van der Waals surface area contributed by atoms with Gasteiger partial charge in [-0.3, -0.25) is 4.79 Å². The lowest BCUT2D eigenvalue weighted by atomic mass is 10.1. The van der Waals surface area contributed by atoms with Crippen molar-refractivity contribution in [2.24, 2.45) is 0 Å². The molecule has 2 N–H and O–H groups in total. The molecule has 1 aromatic carbocycles. The van der Waals surface area contributed by atoms with Crippen molar-refractivity contribution in [2.75, 3.05) is 12.8 Å². The zero-order valence-electron chi connectivity index (χ0n) is 8.38. The highest BCUT2D eigenvalue weighted by atomic mass is 19.3. The van der Waals surface area contributed by atoms with Crippen molar-refractivity contribution in [3.05, 3.63) is 23.3 Å². The normalized spacial score (nSPS) is 10.5. The fourth-order valence-corrected chi connectivity index (χ4v) is 1.25. The second kappa shape index (κ2) is 4.25. The average molecular weight is 215 g/mol. The van der Waals surface area contributed by atoms with Gasteiger partial charge in [-0.15, -0.1) is 0 Å². The third-order valence-corrected chi connectivity index (χ3v) is 2.02. The summed E-state index contributed by atoms with van der Waals surface area (Å²) < 4.78 is 29.9. The van der Waals surface area contributed by atoms with E-state index in [9.17, 15) is 13.6 Å². The van der Waals surface area contributed by atoms with E-state index in [2.05, 4.69) is 0 Å². The Hall–Kier alpha value is -1.65. The maximum Gasteiger partial charge on any atom is 0.269 e. The summed E-state index contributed by atoms with van der Waals surface area (Å²) in [6.07, 6.45) is -2.72. The molecule has 1 aromatic rings. The first-order valence-corrected chi connectivity index (χ1v) is 4.23. The second-order valence-electron chi connectivity index (χ2n) is 3.04. The Labute approximate surface area is 85.8 Å². The van der Waals surface area contributed by atoms with E-state index >= 15 is 0 Å². The van der Waals surface area contributed by atoms with Crippen LogP contribution in [0.1, 0.15) is 29.3 Å². The van der Waals surface area contributed by atoms with E-state index in [1.165, 1.54) is 26.2 Å². The number of rotatable bonds is 3. The molecule has 0 unspecified atom stereocenters. The molecule has 3 nitrogen and oxygen atoms in total. The Morgan fingerprint density at radius 3 is 2.47 bits per heavy atom. The van der Waals surface area contributed by atoms with Gasteiger partial charge in [0.15, 0.2) is 5.78 Å². The quantitative estimate of drug-likeness (QED) is 0.622. The standard InChI is InChI=1S/C10H11F2NO2/c1-5(14)6-3-7(13)9(10(11)12)8(4-6)15-2/h3-4,10H,13H2,1-2H3. The Kier molecular flexibility index (Phi) is 3.24. The molecule has 0 amide bonds. The zero-order valence-corrected chi connectivity index (χ0v) is 8.38. The van der Waals surface area contributed by atoms with Crippen molar-refractivity contribution in [3.63, 3.8) is 0 Å². The molecule has 0 saturated heterocycles. The van der Waals surface area contributed by atoms with Gasteiger partial charge in [-0.2, -0.15) is 0 Å². The highest BCUT2D eigenvalue weighted by Gasteiger charge is 2.19. The maximum atomic E-state index is 12.6. The molecule has 0 fully saturated rings. The highest BCUT2D eigenvalue weighted by Crippen LogP contribution is 2.35. The predicted octanol–water partition coefficient (Wildman–Crippen LogP) is 2.42. The molecular weight excluding hydrogens is 204 g/mol. The molecular formula is C10H11F2NO2. The van der Waals surface area contributed by atoms with Crippen LogP contribution in [0.15, 0.2) is 12.1 Å². The third kappa shape index (κ3) is 2.23. The number of hydrogen-bond donors (Lipinski definition) is 1. The van der Waals surface area contributed by atoms with Gasteiger partial charge in [0.25, 0.3) is 6.43 Å². The molecule has 0 heterocycles. The number of halogens is 2. The second-order valence-corrected chi connectivity index (χ2v) is 3.04. The van der Waals surface area contributed by atoms with Gasteiger partial charge in [0.2, 0.25) is 0 Å². The van der Waals surface area contributed by atoms with Crippen LogP contribution < -0.4 is 10.5 Å². The Bertz CT molecular complexity index is 391. The summed E-state index contributed by atoms with van der Waals surface area (Å²) >= 11 is 0. The third-order valence-electron chi connectivity index (χ3n) is 2.02. The highest BCUT2D eigenvalue weighted by molar-refractivity contribution is 5.95. The number of carbonyl (C=O) groups excluding carboxylic acids is 1. The maximum absolute atomic E-state index is 12.6. The van der Waals surface area contributed by atoms with Crippen molar-refractivity contribution in [1.82, 2.24) is 0 Å². The van der Waals surface area contributed by atoms with Crippen molar-refractivity contribution >= 4 is 11.5 Å². The first-order chi connectivity index (χ1) is 6.97. The summed E-state index contributed by atoms with van der Waals surface area (Å²) in [7, 11) is 1.25. The van der Waals surface area contributed by atoms with Crippen LogP contribution in [-0.2, 0) is 0 Å². The topological polar surface area (TPSA) is 52.3 Å². The monoisotopic (exact) mass is 215 g/mol. The Morgan fingerprint density at radius 1 is 1.47 bits per heavy atom. The molecule has 0 bridgehead atoms. The number of nitrogen functional groups attached to an aromatic ring is 1. The number of hydrogen-bond acceptors (Lipinski definition) is 3. The summed E-state index contributed by atoms with van der Waals surface area (Å²) in [4.78, 5) is 11.0. The van der Waals surface area contributed by atoms with Gasteiger partial charge in [-0.1, -0.05) is 0 Å². The number of benzene rings is 1. The number of anilines is 1. The number of carbonyl (C=O) groups is 1. The first-order valence-electron chi connectivity index (χ1n) is 4.23. The van der Waals surface area contributed by atoms with Crippen LogP contribution in [0.4, 0.5) is 14.5 Å². The molecule has 15 heavy (non-hydrogen) atoms. The average Bonchev–Trinajstić information content (AvgIpc) is 2.15. The van der Waals surface area contributed by atoms with Crippen LogP contribution >= 0.6 is 0 Å². The SMILES string of the molecule is COc1cc(C(C)=O)cc(N)c1C(F)F. The molecule has 0 aromatic heterocycles. The van der Waals surface area contributed by atoms with Crippen molar-refractivity contribution in [3.8, 4) is 5.75 Å². The molecule has 0 aliphatic carbocycles. The summed E-state index contributed by atoms with van der Waals surface area (Å²) in [6.45, 7) is 1.33. The lowest BCUT2D eigenvalue weighted by molar-refractivity contribution is 0.101. The van der Waals surface area contributed by atoms with Gasteiger partial charge in [-0.05, 0) is 19.1 Å². The minimum atomic E-state index is -2.72. The van der Waals surface area contributed by atoms with Crippen LogP contribution in [0, 0.1) is 0 Å². The van der Waals surface area contributed by atoms with E-state index in [-0.39, 0.29) is 28.3 Å². The lowest BCUT2D eigenvalue weighted by Crippen LogP contribution is -2.03. The molecule has 0 radical (unpaired) electrons. The van der Waals surface area contributed by atoms with Crippen molar-refractivity contribution in [1.29, 1.82) is 0 Å². The lowest BCUT2D eigenvalue weighted by Gasteiger charge is -2.11. The van der Waals surface area contributed by atoms with Crippen molar-refractivity contribution < 1.29 is 18.3 Å². The Morgan fingerprint density at radius 2 is 2.07 bits per heavy atom. The van der Waals surface area contributed by atoms with Gasteiger partial charge in [-0.25, -0.2) is 8.78 Å². The number of nitrogens with two attached hydrogens (primary N) is 1. The molecule has 0 aliphatic rings. The van der Waals surface area contributed by atoms with Crippen LogP contribution in [0.3, 0.4) is 0 Å². The number of alkyl halides is 2. The van der Waals surface area contributed by atoms with Crippen molar-refractivity contribution in [2.45, 2.75) is 13.3 Å². The van der Waals surface area contributed by atoms with Gasteiger partial charge in [0.05, 0.1) is 12.7 Å². The van der Waals surface area contributed by atoms with Crippen LogP contribution in [0.2, 0.25) is 0 Å². The number of ketones is 1. The number of ether oxygens (including phenoxy) is 1. The smallest absolute Gasteiger partial charge is 0.269 e. The summed E-state index contributed by atoms with van der Waals surface area (Å²) in [5, 5.41) is 0. The number of Topliss-reactive ketones (excluding diaryl/α,β-unsaturated/α-hetero) is 1. The fourth-order valence-electron chi connectivity index (χ4n) is 1.25. The molecule has 0 saturated carbocycles.